The number of nitrogens with one attached hydrogen (secondary N) is 1. The van der Waals surface area contributed by atoms with E-state index in [9.17, 15) is 9.18 Å². The Morgan fingerprint density at radius 2 is 1.94 bits per heavy atom. The fourth-order valence-corrected chi connectivity index (χ4v) is 3.69. The molecule has 1 atom stereocenters. The summed E-state index contributed by atoms with van der Waals surface area (Å²) < 4.78 is 56.1. The number of nitrogens with zero attached hydrogens (tertiary/aromatic N) is 3. The number of carbonyl (C=O) groups is 1. The maximum absolute atomic E-state index is 15.4. The number of hydrogen-bond donors (Lipinski definition) is 2. The third kappa shape index (κ3) is 4.07. The number of aliphatic imine (C=N–C) groups is 1. The Morgan fingerprint density at radius 1 is 1.24 bits per heavy atom. The lowest BCUT2D eigenvalue weighted by Gasteiger charge is -2.46. The molecule has 2 aliphatic rings. The van der Waals surface area contributed by atoms with Crippen molar-refractivity contribution in [3.8, 4) is 5.88 Å². The van der Waals surface area contributed by atoms with Crippen LogP contribution < -0.4 is 15.8 Å². The number of aromatic nitrogens is 2. The van der Waals surface area contributed by atoms with Crippen LogP contribution in [0.4, 0.5) is 18.9 Å². The summed E-state index contributed by atoms with van der Waals surface area (Å²) in [4.78, 5) is 24.7. The Morgan fingerprint density at radius 3 is 2.64 bits per heavy atom. The van der Waals surface area contributed by atoms with E-state index in [2.05, 4.69) is 20.3 Å². The maximum Gasteiger partial charge on any atom is 0.315 e. The van der Waals surface area contributed by atoms with Crippen LogP contribution in [0.5, 0.6) is 5.88 Å². The van der Waals surface area contributed by atoms with Gasteiger partial charge in [0, 0.05) is 23.6 Å². The number of ether oxygens (including phenoxy) is 2. The standard InChI is InChI=1S/C22H24F3N5O3/c1-20(2)22(24,25)21(3,30-19(26)33-20)14-10-13(6-7-15(14)23)29-17(31)16-18(28-9-8-27-16)32-11-12-4-5-12/h6-10,12H,4-5,11H2,1-3H3,(H2,26,30)(H,29,31)/t21-/m1/s1. The van der Waals surface area contributed by atoms with Crippen molar-refractivity contribution in [2.24, 2.45) is 16.6 Å². The topological polar surface area (TPSA) is 112 Å². The van der Waals surface area contributed by atoms with E-state index >= 15 is 8.78 Å². The average molecular weight is 463 g/mol. The quantitative estimate of drug-likeness (QED) is 0.677. The van der Waals surface area contributed by atoms with Crippen molar-refractivity contribution in [2.75, 3.05) is 11.9 Å². The molecule has 1 fully saturated rings. The number of amidine groups is 1. The first-order chi connectivity index (χ1) is 15.4. The van der Waals surface area contributed by atoms with Gasteiger partial charge in [-0.2, -0.15) is 8.78 Å². The van der Waals surface area contributed by atoms with Crippen molar-refractivity contribution < 1.29 is 27.4 Å². The van der Waals surface area contributed by atoms with Gasteiger partial charge in [0.15, 0.2) is 16.8 Å². The summed E-state index contributed by atoms with van der Waals surface area (Å²) in [7, 11) is 0. The molecule has 1 amide bonds. The Bertz CT molecular complexity index is 1120. The molecule has 1 aromatic carbocycles. The van der Waals surface area contributed by atoms with Crippen LogP contribution in [-0.4, -0.2) is 40.0 Å². The van der Waals surface area contributed by atoms with E-state index in [0.29, 0.717) is 12.5 Å². The molecule has 4 rings (SSSR count). The van der Waals surface area contributed by atoms with E-state index in [1.54, 1.807) is 0 Å². The number of amides is 1. The molecule has 11 heteroatoms. The molecule has 0 saturated heterocycles. The van der Waals surface area contributed by atoms with E-state index in [0.717, 1.165) is 45.7 Å². The molecule has 0 bridgehead atoms. The smallest absolute Gasteiger partial charge is 0.315 e. The first kappa shape index (κ1) is 22.8. The second-order valence-corrected chi connectivity index (χ2v) is 8.82. The van der Waals surface area contributed by atoms with Crippen molar-refractivity contribution >= 4 is 17.6 Å². The maximum atomic E-state index is 15.4. The Kier molecular flexibility index (Phi) is 5.45. The first-order valence-electron chi connectivity index (χ1n) is 10.4. The van der Waals surface area contributed by atoms with Gasteiger partial charge >= 0.3 is 5.92 Å². The minimum Gasteiger partial charge on any atom is -0.476 e. The Balaban J connectivity index is 1.65. The molecule has 0 unspecified atom stereocenters. The van der Waals surface area contributed by atoms with E-state index in [-0.39, 0.29) is 17.3 Å². The molecule has 1 aromatic heterocycles. The molecule has 3 N–H and O–H groups in total. The van der Waals surface area contributed by atoms with Gasteiger partial charge in [0.2, 0.25) is 5.88 Å². The lowest BCUT2D eigenvalue weighted by Crippen LogP contribution is -2.62. The summed E-state index contributed by atoms with van der Waals surface area (Å²) >= 11 is 0. The summed E-state index contributed by atoms with van der Waals surface area (Å²) in [6.45, 7) is 3.78. The average Bonchev–Trinajstić information content (AvgIpc) is 3.56. The highest BCUT2D eigenvalue weighted by Gasteiger charge is 2.66. The van der Waals surface area contributed by atoms with Crippen molar-refractivity contribution in [3.05, 3.63) is 47.7 Å². The minimum absolute atomic E-state index is 0.0605. The predicted molar refractivity (Wildman–Crippen MR) is 114 cm³/mol. The largest absolute Gasteiger partial charge is 0.476 e. The van der Waals surface area contributed by atoms with Gasteiger partial charge in [-0.15, -0.1) is 0 Å². The lowest BCUT2D eigenvalue weighted by molar-refractivity contribution is -0.207. The summed E-state index contributed by atoms with van der Waals surface area (Å²) in [5, 5.41) is 2.54. The third-order valence-corrected chi connectivity index (χ3v) is 5.84. The van der Waals surface area contributed by atoms with Gasteiger partial charge < -0.3 is 20.5 Å². The van der Waals surface area contributed by atoms with Crippen molar-refractivity contribution in [1.29, 1.82) is 0 Å². The highest BCUT2D eigenvalue weighted by molar-refractivity contribution is 6.04. The predicted octanol–water partition coefficient (Wildman–Crippen LogP) is 3.63. The highest BCUT2D eigenvalue weighted by atomic mass is 19.3. The minimum atomic E-state index is -3.64. The van der Waals surface area contributed by atoms with Crippen LogP contribution in [0.2, 0.25) is 0 Å². The lowest BCUT2D eigenvalue weighted by atomic mass is 9.77. The van der Waals surface area contributed by atoms with Crippen LogP contribution in [0.15, 0.2) is 35.6 Å². The van der Waals surface area contributed by atoms with Gasteiger partial charge in [-0.3, -0.25) is 4.79 Å². The summed E-state index contributed by atoms with van der Waals surface area (Å²) in [6, 6.07) is 2.83. The monoisotopic (exact) mass is 463 g/mol. The first-order valence-corrected chi connectivity index (χ1v) is 10.4. The second kappa shape index (κ2) is 7.89. The van der Waals surface area contributed by atoms with Gasteiger partial charge in [-0.25, -0.2) is 19.4 Å². The number of carbonyl (C=O) groups excluding carboxylic acids is 1. The van der Waals surface area contributed by atoms with Gasteiger partial charge in [0.25, 0.3) is 11.9 Å². The van der Waals surface area contributed by atoms with E-state index in [1.807, 2.05) is 0 Å². The zero-order valence-corrected chi connectivity index (χ0v) is 18.4. The fourth-order valence-electron chi connectivity index (χ4n) is 3.69. The van der Waals surface area contributed by atoms with E-state index in [1.165, 1.54) is 18.5 Å². The number of benzene rings is 1. The molecule has 176 valence electrons. The number of halogens is 3. The van der Waals surface area contributed by atoms with Crippen LogP contribution in [-0.2, 0) is 10.3 Å². The number of hydrogen-bond acceptors (Lipinski definition) is 7. The zero-order chi connectivity index (χ0) is 24.0. The molecule has 33 heavy (non-hydrogen) atoms. The third-order valence-electron chi connectivity index (χ3n) is 5.84. The van der Waals surface area contributed by atoms with Crippen molar-refractivity contribution in [2.45, 2.75) is 50.7 Å². The molecule has 2 aromatic rings. The molecule has 1 aliphatic carbocycles. The summed E-state index contributed by atoms with van der Waals surface area (Å²) in [6.07, 6.45) is 4.84. The molecule has 0 spiro atoms. The summed E-state index contributed by atoms with van der Waals surface area (Å²) in [5.74, 6) is -4.76. The second-order valence-electron chi connectivity index (χ2n) is 8.82. The van der Waals surface area contributed by atoms with Crippen molar-refractivity contribution in [3.63, 3.8) is 0 Å². The SMILES string of the molecule is CC1(C)OC(N)=N[C@](C)(c2cc(NC(=O)c3nccnc3OCC3CC3)ccc2F)C1(F)F. The Hall–Kier alpha value is -3.37. The molecule has 1 aliphatic heterocycles. The van der Waals surface area contributed by atoms with Crippen LogP contribution in [0.25, 0.3) is 0 Å². The van der Waals surface area contributed by atoms with Crippen LogP contribution >= 0.6 is 0 Å². The molecular formula is C22H24F3N5O3. The number of alkyl halides is 2. The molecule has 0 radical (unpaired) electrons. The molecule has 8 nitrogen and oxygen atoms in total. The number of rotatable bonds is 6. The van der Waals surface area contributed by atoms with Crippen LogP contribution in [0.3, 0.4) is 0 Å². The van der Waals surface area contributed by atoms with Crippen molar-refractivity contribution in [1.82, 2.24) is 9.97 Å². The van der Waals surface area contributed by atoms with Crippen LogP contribution in [0.1, 0.15) is 49.7 Å². The van der Waals surface area contributed by atoms with E-state index in [4.69, 9.17) is 15.2 Å². The highest BCUT2D eigenvalue weighted by Crippen LogP contribution is 2.52. The summed E-state index contributed by atoms with van der Waals surface area (Å²) in [5.41, 5.74) is 0.740. The number of anilines is 1. The van der Waals surface area contributed by atoms with Gasteiger partial charge in [-0.05, 0) is 57.7 Å². The molecule has 1 saturated carbocycles. The normalized spacial score (nSPS) is 23.3. The molecule has 2 heterocycles. The van der Waals surface area contributed by atoms with Gasteiger partial charge in [0.05, 0.1) is 6.61 Å². The van der Waals surface area contributed by atoms with Crippen LogP contribution in [0, 0.1) is 11.7 Å². The zero-order valence-electron chi connectivity index (χ0n) is 18.4. The van der Waals surface area contributed by atoms with Gasteiger partial charge in [0.1, 0.15) is 5.82 Å². The fraction of sp³-hybridized carbons (Fsp3) is 0.455. The molecular weight excluding hydrogens is 439 g/mol. The number of nitrogens with two attached hydrogens (primary N) is 1. The van der Waals surface area contributed by atoms with Gasteiger partial charge in [-0.1, -0.05) is 0 Å². The Labute approximate surface area is 188 Å². The van der Waals surface area contributed by atoms with E-state index < -0.39 is 40.4 Å².